The molecular formula is C15H24N4O. The summed E-state index contributed by atoms with van der Waals surface area (Å²) in [6.45, 7) is 9.42. The number of piperidine rings is 1. The predicted molar refractivity (Wildman–Crippen MR) is 79.6 cm³/mol. The molecule has 1 saturated heterocycles. The first kappa shape index (κ1) is 14.8. The van der Waals surface area contributed by atoms with E-state index in [0.29, 0.717) is 0 Å². The summed E-state index contributed by atoms with van der Waals surface area (Å²) in [7, 11) is 0. The number of aromatic nitrogens is 2. The van der Waals surface area contributed by atoms with Crippen molar-refractivity contribution in [3.63, 3.8) is 0 Å². The van der Waals surface area contributed by atoms with Crippen LogP contribution in [0.2, 0.25) is 0 Å². The number of nitrogens with one attached hydrogen (secondary N) is 1. The number of amides is 1. The molecule has 2 rings (SSSR count). The number of hydrogen-bond donors (Lipinski definition) is 1. The van der Waals surface area contributed by atoms with Crippen LogP contribution in [0.3, 0.4) is 0 Å². The second-order valence-electron chi connectivity index (χ2n) is 5.87. The number of hydrogen-bond acceptors (Lipinski definition) is 4. The molecule has 1 atom stereocenters. The van der Waals surface area contributed by atoms with E-state index in [1.165, 1.54) is 0 Å². The second-order valence-corrected chi connectivity index (χ2v) is 5.87. The molecule has 1 aromatic heterocycles. The SMILES string of the molecule is Cc1cnc(C)c(NC2CCCN(C(=O)C(C)C)C2)n1. The van der Waals surface area contributed by atoms with E-state index in [1.807, 2.05) is 32.6 Å². The van der Waals surface area contributed by atoms with Crippen LogP contribution in [0, 0.1) is 19.8 Å². The Hall–Kier alpha value is -1.65. The van der Waals surface area contributed by atoms with Gasteiger partial charge in [-0.25, -0.2) is 4.98 Å². The van der Waals surface area contributed by atoms with Crippen LogP contribution < -0.4 is 5.32 Å². The molecule has 0 radical (unpaired) electrons. The Labute approximate surface area is 120 Å². The van der Waals surface area contributed by atoms with Crippen LogP contribution in [0.1, 0.15) is 38.1 Å². The van der Waals surface area contributed by atoms with Crippen LogP contribution in [-0.2, 0) is 4.79 Å². The topological polar surface area (TPSA) is 58.1 Å². The highest BCUT2D eigenvalue weighted by Gasteiger charge is 2.25. The van der Waals surface area contributed by atoms with E-state index >= 15 is 0 Å². The van der Waals surface area contributed by atoms with Crippen LogP contribution in [0.15, 0.2) is 6.20 Å². The Morgan fingerprint density at radius 2 is 2.20 bits per heavy atom. The number of nitrogens with zero attached hydrogens (tertiary/aromatic N) is 3. The summed E-state index contributed by atoms with van der Waals surface area (Å²) in [5, 5.41) is 3.45. The number of rotatable bonds is 3. The van der Waals surface area contributed by atoms with E-state index in [0.717, 1.165) is 43.1 Å². The molecule has 1 aliphatic heterocycles. The zero-order valence-electron chi connectivity index (χ0n) is 12.8. The van der Waals surface area contributed by atoms with E-state index in [2.05, 4.69) is 15.3 Å². The van der Waals surface area contributed by atoms with Gasteiger partial charge in [-0.3, -0.25) is 9.78 Å². The molecule has 20 heavy (non-hydrogen) atoms. The fraction of sp³-hybridized carbons (Fsp3) is 0.667. The third kappa shape index (κ3) is 3.46. The molecule has 1 aliphatic rings. The quantitative estimate of drug-likeness (QED) is 0.919. The summed E-state index contributed by atoms with van der Waals surface area (Å²) in [5.41, 5.74) is 1.81. The summed E-state index contributed by atoms with van der Waals surface area (Å²) in [4.78, 5) is 22.9. The number of likely N-dealkylation sites (tertiary alicyclic amines) is 1. The standard InChI is InChI=1S/C15H24N4O/c1-10(2)15(20)19-7-5-6-13(9-19)18-14-12(4)16-8-11(3)17-14/h8,10,13H,5-7,9H2,1-4H3,(H,17,18). The Bertz CT molecular complexity index is 487. The molecule has 1 unspecified atom stereocenters. The maximum Gasteiger partial charge on any atom is 0.225 e. The highest BCUT2D eigenvalue weighted by atomic mass is 16.2. The summed E-state index contributed by atoms with van der Waals surface area (Å²) in [6, 6.07) is 0.265. The summed E-state index contributed by atoms with van der Waals surface area (Å²) in [6.07, 6.45) is 3.88. The van der Waals surface area contributed by atoms with Gasteiger partial charge >= 0.3 is 0 Å². The Balaban J connectivity index is 2.02. The molecule has 0 bridgehead atoms. The minimum atomic E-state index is 0.0641. The van der Waals surface area contributed by atoms with Crippen molar-refractivity contribution in [3.8, 4) is 0 Å². The lowest BCUT2D eigenvalue weighted by molar-refractivity contribution is -0.135. The monoisotopic (exact) mass is 276 g/mol. The zero-order chi connectivity index (χ0) is 14.7. The molecule has 110 valence electrons. The lowest BCUT2D eigenvalue weighted by atomic mass is 10.0. The largest absolute Gasteiger partial charge is 0.364 e. The second kappa shape index (κ2) is 6.20. The summed E-state index contributed by atoms with van der Waals surface area (Å²) in [5.74, 6) is 1.15. The predicted octanol–water partition coefficient (Wildman–Crippen LogP) is 2.15. The zero-order valence-corrected chi connectivity index (χ0v) is 12.8. The van der Waals surface area contributed by atoms with Crippen LogP contribution in [0.5, 0.6) is 0 Å². The molecule has 5 nitrogen and oxygen atoms in total. The van der Waals surface area contributed by atoms with Gasteiger partial charge < -0.3 is 10.2 Å². The van der Waals surface area contributed by atoms with Gasteiger partial charge in [0.2, 0.25) is 5.91 Å². The van der Waals surface area contributed by atoms with Gasteiger partial charge in [-0.15, -0.1) is 0 Å². The van der Waals surface area contributed by atoms with E-state index in [1.54, 1.807) is 6.20 Å². The van der Waals surface area contributed by atoms with Gasteiger partial charge in [-0.05, 0) is 26.7 Å². The van der Waals surface area contributed by atoms with E-state index in [9.17, 15) is 4.79 Å². The molecule has 1 N–H and O–H groups in total. The average Bonchev–Trinajstić information content (AvgIpc) is 2.42. The molecule has 0 aliphatic carbocycles. The van der Waals surface area contributed by atoms with Crippen molar-refractivity contribution >= 4 is 11.7 Å². The van der Waals surface area contributed by atoms with E-state index < -0.39 is 0 Å². The molecule has 1 amide bonds. The van der Waals surface area contributed by atoms with Crippen LogP contribution in [0.4, 0.5) is 5.82 Å². The fourth-order valence-electron chi connectivity index (χ4n) is 2.53. The first-order valence-corrected chi connectivity index (χ1v) is 7.33. The number of aryl methyl sites for hydroxylation is 2. The minimum Gasteiger partial charge on any atom is -0.364 e. The van der Waals surface area contributed by atoms with Crippen molar-refractivity contribution in [2.45, 2.75) is 46.6 Å². The van der Waals surface area contributed by atoms with Gasteiger partial charge in [0.25, 0.3) is 0 Å². The third-order valence-electron chi connectivity index (χ3n) is 3.64. The Morgan fingerprint density at radius 1 is 1.45 bits per heavy atom. The molecular weight excluding hydrogens is 252 g/mol. The average molecular weight is 276 g/mol. The van der Waals surface area contributed by atoms with Crippen molar-refractivity contribution in [3.05, 3.63) is 17.6 Å². The maximum atomic E-state index is 12.1. The van der Waals surface area contributed by atoms with Crippen molar-refractivity contribution in [1.29, 1.82) is 0 Å². The lowest BCUT2D eigenvalue weighted by Gasteiger charge is -2.34. The van der Waals surface area contributed by atoms with Crippen LogP contribution in [-0.4, -0.2) is 39.9 Å². The first-order chi connectivity index (χ1) is 9.47. The van der Waals surface area contributed by atoms with Gasteiger partial charge in [0, 0.05) is 31.2 Å². The molecule has 2 heterocycles. The summed E-state index contributed by atoms with van der Waals surface area (Å²) >= 11 is 0. The van der Waals surface area contributed by atoms with Crippen LogP contribution in [0.25, 0.3) is 0 Å². The molecule has 1 fully saturated rings. The maximum absolute atomic E-state index is 12.1. The summed E-state index contributed by atoms with van der Waals surface area (Å²) < 4.78 is 0. The lowest BCUT2D eigenvalue weighted by Crippen LogP contribution is -2.46. The van der Waals surface area contributed by atoms with Gasteiger partial charge in [0.15, 0.2) is 0 Å². The van der Waals surface area contributed by atoms with Crippen molar-refractivity contribution in [2.75, 3.05) is 18.4 Å². The smallest absolute Gasteiger partial charge is 0.225 e. The fourth-order valence-corrected chi connectivity index (χ4v) is 2.53. The van der Waals surface area contributed by atoms with Gasteiger partial charge in [-0.2, -0.15) is 0 Å². The Morgan fingerprint density at radius 3 is 2.90 bits per heavy atom. The normalized spacial score (nSPS) is 19.2. The van der Waals surface area contributed by atoms with Gasteiger partial charge in [0.05, 0.1) is 11.4 Å². The minimum absolute atomic E-state index is 0.0641. The molecule has 1 aromatic rings. The highest BCUT2D eigenvalue weighted by molar-refractivity contribution is 5.78. The number of carbonyl (C=O) groups is 1. The van der Waals surface area contributed by atoms with E-state index in [4.69, 9.17) is 0 Å². The van der Waals surface area contributed by atoms with Gasteiger partial charge in [0.1, 0.15) is 5.82 Å². The molecule has 5 heteroatoms. The first-order valence-electron chi connectivity index (χ1n) is 7.33. The Kier molecular flexibility index (Phi) is 4.57. The number of anilines is 1. The van der Waals surface area contributed by atoms with Crippen molar-refractivity contribution in [1.82, 2.24) is 14.9 Å². The molecule has 0 spiro atoms. The molecule has 0 aromatic carbocycles. The van der Waals surface area contributed by atoms with Crippen molar-refractivity contribution < 1.29 is 4.79 Å². The molecule has 0 saturated carbocycles. The van der Waals surface area contributed by atoms with Gasteiger partial charge in [-0.1, -0.05) is 13.8 Å². The van der Waals surface area contributed by atoms with Crippen LogP contribution >= 0.6 is 0 Å². The van der Waals surface area contributed by atoms with Crippen molar-refractivity contribution in [2.24, 2.45) is 5.92 Å². The number of carbonyl (C=O) groups excluding carboxylic acids is 1. The highest BCUT2D eigenvalue weighted by Crippen LogP contribution is 2.18. The van der Waals surface area contributed by atoms with E-state index in [-0.39, 0.29) is 17.9 Å². The third-order valence-corrected chi connectivity index (χ3v) is 3.64.